The second kappa shape index (κ2) is 6.65. The van der Waals surface area contributed by atoms with Crippen LogP contribution < -0.4 is 0 Å². The van der Waals surface area contributed by atoms with Crippen LogP contribution in [0.4, 0.5) is 0 Å². The highest BCUT2D eigenvalue weighted by Gasteiger charge is 2.28. The normalized spacial score (nSPS) is 20.5. The van der Waals surface area contributed by atoms with Gasteiger partial charge in [-0.1, -0.05) is 13.3 Å². The monoisotopic (exact) mass is 298 g/mol. The van der Waals surface area contributed by atoms with Crippen molar-refractivity contribution in [3.8, 4) is 0 Å². The van der Waals surface area contributed by atoms with E-state index < -0.39 is 5.97 Å². The largest absolute Gasteiger partial charge is 0.477 e. The lowest BCUT2D eigenvalue weighted by Gasteiger charge is -2.34. The van der Waals surface area contributed by atoms with Gasteiger partial charge in [0, 0.05) is 19.1 Å². The van der Waals surface area contributed by atoms with Crippen LogP contribution in [0.25, 0.3) is 0 Å². The molecule has 1 aromatic rings. The maximum atomic E-state index is 11.3. The van der Waals surface area contributed by atoms with Gasteiger partial charge in [0.1, 0.15) is 16.0 Å². The first-order valence-corrected chi connectivity index (χ1v) is 7.93. The summed E-state index contributed by atoms with van der Waals surface area (Å²) in [4.78, 5) is 18.5. The Hall–Kier alpha value is -0.980. The van der Waals surface area contributed by atoms with E-state index in [1.165, 1.54) is 11.3 Å². The zero-order valence-electron chi connectivity index (χ0n) is 12.3. The first-order chi connectivity index (χ1) is 9.52. The topological polar surface area (TPSA) is 62.7 Å². The SMILES string of the molecule is CCCc1nc(C2CN(C(C)C)CCO2)sc1C(=O)O. The number of ether oxygens (including phenoxy) is 1. The zero-order valence-corrected chi connectivity index (χ0v) is 13.1. The van der Waals surface area contributed by atoms with Crippen molar-refractivity contribution in [2.45, 2.75) is 45.8 Å². The lowest BCUT2D eigenvalue weighted by molar-refractivity contribution is -0.0403. The van der Waals surface area contributed by atoms with Crippen LogP contribution in [-0.2, 0) is 11.2 Å². The Bertz CT molecular complexity index is 473. The lowest BCUT2D eigenvalue weighted by atomic mass is 10.2. The van der Waals surface area contributed by atoms with Crippen molar-refractivity contribution in [1.29, 1.82) is 0 Å². The van der Waals surface area contributed by atoms with E-state index in [0.717, 1.165) is 24.5 Å². The number of carbonyl (C=O) groups is 1. The highest BCUT2D eigenvalue weighted by Crippen LogP contribution is 2.30. The number of rotatable bonds is 5. The fraction of sp³-hybridized carbons (Fsp3) is 0.714. The summed E-state index contributed by atoms with van der Waals surface area (Å²) in [6.07, 6.45) is 1.51. The summed E-state index contributed by atoms with van der Waals surface area (Å²) in [6.45, 7) is 8.74. The summed E-state index contributed by atoms with van der Waals surface area (Å²) in [5.74, 6) is -0.881. The number of morpholine rings is 1. The van der Waals surface area contributed by atoms with Crippen molar-refractivity contribution in [1.82, 2.24) is 9.88 Å². The highest BCUT2D eigenvalue weighted by molar-refractivity contribution is 7.13. The molecule has 1 aliphatic heterocycles. The molecule has 2 heterocycles. The molecule has 2 rings (SSSR count). The van der Waals surface area contributed by atoms with Crippen molar-refractivity contribution >= 4 is 17.3 Å². The number of nitrogens with zero attached hydrogens (tertiary/aromatic N) is 2. The third-order valence-corrected chi connectivity index (χ3v) is 4.68. The molecule has 1 saturated heterocycles. The van der Waals surface area contributed by atoms with Gasteiger partial charge in [-0.3, -0.25) is 4.90 Å². The summed E-state index contributed by atoms with van der Waals surface area (Å²) in [7, 11) is 0. The third-order valence-electron chi connectivity index (χ3n) is 3.50. The van der Waals surface area contributed by atoms with Crippen LogP contribution in [0.1, 0.15) is 53.7 Å². The first-order valence-electron chi connectivity index (χ1n) is 7.11. The summed E-state index contributed by atoms with van der Waals surface area (Å²) >= 11 is 1.27. The van der Waals surface area contributed by atoms with E-state index in [2.05, 4.69) is 23.7 Å². The van der Waals surface area contributed by atoms with E-state index in [4.69, 9.17) is 4.74 Å². The molecule has 1 unspecified atom stereocenters. The quantitative estimate of drug-likeness (QED) is 0.905. The number of hydrogen-bond donors (Lipinski definition) is 1. The zero-order chi connectivity index (χ0) is 14.7. The van der Waals surface area contributed by atoms with Gasteiger partial charge in [-0.15, -0.1) is 11.3 Å². The predicted octanol–water partition coefficient (Wildman–Crippen LogP) is 2.58. The van der Waals surface area contributed by atoms with E-state index >= 15 is 0 Å². The molecule has 0 amide bonds. The highest BCUT2D eigenvalue weighted by atomic mass is 32.1. The van der Waals surface area contributed by atoms with Gasteiger partial charge in [-0.25, -0.2) is 9.78 Å². The summed E-state index contributed by atoms with van der Waals surface area (Å²) < 4.78 is 5.78. The second-order valence-electron chi connectivity index (χ2n) is 5.33. The molecule has 20 heavy (non-hydrogen) atoms. The smallest absolute Gasteiger partial charge is 0.347 e. The van der Waals surface area contributed by atoms with Crippen LogP contribution in [0.5, 0.6) is 0 Å². The van der Waals surface area contributed by atoms with E-state index in [-0.39, 0.29) is 6.10 Å². The average molecular weight is 298 g/mol. The van der Waals surface area contributed by atoms with Crippen molar-refractivity contribution in [3.05, 3.63) is 15.6 Å². The standard InChI is InChI=1S/C14H22N2O3S/c1-4-5-10-12(14(17)18)20-13(15-10)11-8-16(9(2)3)6-7-19-11/h9,11H,4-8H2,1-3H3,(H,17,18). The fourth-order valence-corrected chi connectivity index (χ4v) is 3.36. The van der Waals surface area contributed by atoms with Crippen LogP contribution >= 0.6 is 11.3 Å². The average Bonchev–Trinajstić information content (AvgIpc) is 2.83. The van der Waals surface area contributed by atoms with E-state index in [1.54, 1.807) is 0 Å². The summed E-state index contributed by atoms with van der Waals surface area (Å²) in [5, 5.41) is 10.1. The molecule has 1 aromatic heterocycles. The van der Waals surface area contributed by atoms with Crippen molar-refractivity contribution in [2.75, 3.05) is 19.7 Å². The number of thiazole rings is 1. The van der Waals surface area contributed by atoms with Crippen molar-refractivity contribution in [2.24, 2.45) is 0 Å². The summed E-state index contributed by atoms with van der Waals surface area (Å²) in [5.41, 5.74) is 0.699. The van der Waals surface area contributed by atoms with Crippen LogP contribution in [0.15, 0.2) is 0 Å². The minimum atomic E-state index is -0.881. The lowest BCUT2D eigenvalue weighted by Crippen LogP contribution is -2.42. The van der Waals surface area contributed by atoms with E-state index in [0.29, 0.717) is 29.6 Å². The van der Waals surface area contributed by atoms with Gasteiger partial charge in [0.2, 0.25) is 0 Å². The number of aromatic carboxylic acids is 1. The Morgan fingerprint density at radius 1 is 1.60 bits per heavy atom. The number of carboxylic acid groups (broad SMARTS) is 1. The maximum absolute atomic E-state index is 11.3. The summed E-state index contributed by atoms with van der Waals surface area (Å²) in [6, 6.07) is 0.468. The van der Waals surface area contributed by atoms with E-state index in [1.807, 2.05) is 6.92 Å². The van der Waals surface area contributed by atoms with Gasteiger partial charge < -0.3 is 9.84 Å². The molecule has 6 heteroatoms. The molecule has 1 aliphatic rings. The van der Waals surface area contributed by atoms with Gasteiger partial charge in [0.15, 0.2) is 0 Å². The fourth-order valence-electron chi connectivity index (χ4n) is 2.37. The van der Waals surface area contributed by atoms with Gasteiger partial charge in [0.05, 0.1) is 12.3 Å². The Morgan fingerprint density at radius 2 is 2.35 bits per heavy atom. The Labute approximate surface area is 123 Å². The first kappa shape index (κ1) is 15.4. The maximum Gasteiger partial charge on any atom is 0.347 e. The molecule has 0 aromatic carbocycles. The Kier molecular flexibility index (Phi) is 5.12. The predicted molar refractivity (Wildman–Crippen MR) is 78.5 cm³/mol. The van der Waals surface area contributed by atoms with Crippen LogP contribution in [0.3, 0.4) is 0 Å². The minimum Gasteiger partial charge on any atom is -0.477 e. The Balaban J connectivity index is 2.19. The molecular weight excluding hydrogens is 276 g/mol. The number of carboxylic acids is 1. The van der Waals surface area contributed by atoms with Crippen LogP contribution in [-0.4, -0.2) is 46.7 Å². The van der Waals surface area contributed by atoms with Crippen molar-refractivity contribution < 1.29 is 14.6 Å². The molecule has 0 saturated carbocycles. The van der Waals surface area contributed by atoms with E-state index in [9.17, 15) is 9.90 Å². The molecule has 112 valence electrons. The molecule has 0 spiro atoms. The van der Waals surface area contributed by atoms with Gasteiger partial charge in [0.25, 0.3) is 0 Å². The molecule has 5 nitrogen and oxygen atoms in total. The molecule has 0 aliphatic carbocycles. The minimum absolute atomic E-state index is 0.0974. The molecule has 1 N–H and O–H groups in total. The molecule has 0 bridgehead atoms. The second-order valence-corrected chi connectivity index (χ2v) is 6.36. The van der Waals surface area contributed by atoms with Gasteiger partial charge in [-0.2, -0.15) is 0 Å². The molecule has 1 fully saturated rings. The number of aryl methyl sites for hydroxylation is 1. The third kappa shape index (κ3) is 3.37. The van der Waals surface area contributed by atoms with Gasteiger partial charge >= 0.3 is 5.97 Å². The number of aromatic nitrogens is 1. The molecule has 0 radical (unpaired) electrons. The number of hydrogen-bond acceptors (Lipinski definition) is 5. The van der Waals surface area contributed by atoms with Crippen LogP contribution in [0.2, 0.25) is 0 Å². The molecular formula is C14H22N2O3S. The molecule has 1 atom stereocenters. The van der Waals surface area contributed by atoms with Crippen LogP contribution in [0, 0.1) is 0 Å². The van der Waals surface area contributed by atoms with Gasteiger partial charge in [-0.05, 0) is 20.3 Å². The Morgan fingerprint density at radius 3 is 2.95 bits per heavy atom. The van der Waals surface area contributed by atoms with Crippen molar-refractivity contribution in [3.63, 3.8) is 0 Å².